The summed E-state index contributed by atoms with van der Waals surface area (Å²) in [6, 6.07) is 8.48. The molecule has 0 aliphatic rings. The van der Waals surface area contributed by atoms with Gasteiger partial charge in [0.2, 0.25) is 0 Å². The topological polar surface area (TPSA) is 55.4 Å². The molecule has 0 fully saturated rings. The highest BCUT2D eigenvalue weighted by Crippen LogP contribution is 2.54. The van der Waals surface area contributed by atoms with E-state index in [2.05, 4.69) is 71.7 Å². The Morgan fingerprint density at radius 1 is 0.476 bits per heavy atom. The number of alkyl halides is 2. The van der Waals surface area contributed by atoms with E-state index in [4.69, 9.17) is 28.4 Å². The molecule has 0 bridgehead atoms. The summed E-state index contributed by atoms with van der Waals surface area (Å²) in [5.74, 6) is 4.65. The number of halogens is 2. The molecular formula is C34H40Br2O6. The second-order valence-electron chi connectivity index (χ2n) is 10.7. The molecule has 0 aliphatic carbocycles. The number of ether oxygens (including phenoxy) is 6. The van der Waals surface area contributed by atoms with Crippen molar-refractivity contribution >= 4 is 53.4 Å². The van der Waals surface area contributed by atoms with Crippen molar-refractivity contribution < 1.29 is 28.4 Å². The lowest BCUT2D eigenvalue weighted by atomic mass is 9.85. The van der Waals surface area contributed by atoms with Crippen LogP contribution in [0.25, 0.3) is 32.7 Å². The number of fused-ring (bicyclic) bond motifs is 2. The minimum atomic E-state index is 0.182. The van der Waals surface area contributed by atoms with Crippen LogP contribution in [0, 0.1) is 0 Å². The third-order valence-electron chi connectivity index (χ3n) is 7.82. The van der Waals surface area contributed by atoms with Crippen LogP contribution in [-0.2, 0) is 10.7 Å². The lowest BCUT2D eigenvalue weighted by Crippen LogP contribution is -2.05. The molecule has 0 heterocycles. The standard InChI is InChI=1S/C34H40Br2O6/c1-17(2)27-21-11-19(15-35)29(31(39-7)23(21)13-25(37-5)33(27)41-9)30-20(16-36)12-22-24(32(30)40-8)14-26(38-6)34(42-10)28(22)18(3)4/h11-14,17-18H,15-16H2,1-10H3. The van der Waals surface area contributed by atoms with Crippen LogP contribution in [0.15, 0.2) is 24.3 Å². The Hall–Kier alpha value is -2.84. The van der Waals surface area contributed by atoms with Crippen molar-refractivity contribution in [3.63, 3.8) is 0 Å². The Morgan fingerprint density at radius 3 is 1.05 bits per heavy atom. The van der Waals surface area contributed by atoms with Crippen molar-refractivity contribution in [1.29, 1.82) is 0 Å². The highest BCUT2D eigenvalue weighted by atomic mass is 79.9. The van der Waals surface area contributed by atoms with E-state index in [1.165, 1.54) is 0 Å². The van der Waals surface area contributed by atoms with Crippen molar-refractivity contribution in [2.24, 2.45) is 0 Å². The maximum atomic E-state index is 6.28. The van der Waals surface area contributed by atoms with Crippen molar-refractivity contribution in [3.8, 4) is 45.6 Å². The minimum absolute atomic E-state index is 0.182. The van der Waals surface area contributed by atoms with Crippen molar-refractivity contribution in [2.45, 2.75) is 50.2 Å². The predicted octanol–water partition coefficient (Wildman–Crippen LogP) is 9.75. The lowest BCUT2D eigenvalue weighted by molar-refractivity contribution is 0.351. The first kappa shape index (κ1) is 32.1. The van der Waals surface area contributed by atoms with Crippen LogP contribution in [0.1, 0.15) is 61.8 Å². The fraction of sp³-hybridized carbons (Fsp3) is 0.412. The molecule has 0 saturated carbocycles. The van der Waals surface area contributed by atoms with Crippen molar-refractivity contribution in [2.75, 3.05) is 42.7 Å². The molecule has 4 aromatic rings. The molecular weight excluding hydrogens is 664 g/mol. The maximum Gasteiger partial charge on any atom is 0.164 e. The molecule has 0 spiro atoms. The Morgan fingerprint density at radius 2 is 0.810 bits per heavy atom. The quantitative estimate of drug-likeness (QED) is 0.145. The number of benzene rings is 4. The molecule has 0 amide bonds. The summed E-state index contributed by atoms with van der Waals surface area (Å²) >= 11 is 7.59. The molecule has 42 heavy (non-hydrogen) atoms. The largest absolute Gasteiger partial charge is 0.495 e. The Balaban J connectivity index is 2.29. The zero-order valence-electron chi connectivity index (χ0n) is 26.1. The van der Waals surface area contributed by atoms with Crippen LogP contribution < -0.4 is 28.4 Å². The highest BCUT2D eigenvalue weighted by molar-refractivity contribution is 9.08. The summed E-state index contributed by atoms with van der Waals surface area (Å²) < 4.78 is 35.9. The van der Waals surface area contributed by atoms with Gasteiger partial charge in [-0.3, -0.25) is 0 Å². The van der Waals surface area contributed by atoms with E-state index in [0.29, 0.717) is 22.2 Å². The molecule has 0 saturated heterocycles. The first-order valence-corrected chi connectivity index (χ1v) is 16.1. The van der Waals surface area contributed by atoms with Crippen molar-refractivity contribution in [3.05, 3.63) is 46.5 Å². The third-order valence-corrected chi connectivity index (χ3v) is 9.03. The summed E-state index contributed by atoms with van der Waals surface area (Å²) in [7, 11) is 10.1. The average Bonchev–Trinajstić information content (AvgIpc) is 3.00. The number of hydrogen-bond acceptors (Lipinski definition) is 6. The van der Waals surface area contributed by atoms with Gasteiger partial charge in [-0.25, -0.2) is 0 Å². The van der Waals surface area contributed by atoms with E-state index < -0.39 is 0 Å². The fourth-order valence-corrected chi connectivity index (χ4v) is 7.03. The molecule has 4 rings (SSSR count). The van der Waals surface area contributed by atoms with Gasteiger partial charge in [-0.2, -0.15) is 0 Å². The van der Waals surface area contributed by atoms with Crippen LogP contribution in [0.2, 0.25) is 0 Å². The summed E-state index contributed by atoms with van der Waals surface area (Å²) in [5.41, 5.74) is 6.19. The molecule has 0 aromatic heterocycles. The zero-order chi connectivity index (χ0) is 30.9. The van der Waals surface area contributed by atoms with E-state index in [0.717, 1.165) is 77.9 Å². The molecule has 6 nitrogen and oxygen atoms in total. The monoisotopic (exact) mass is 702 g/mol. The van der Waals surface area contributed by atoms with Crippen LogP contribution in [0.3, 0.4) is 0 Å². The summed E-state index contributed by atoms with van der Waals surface area (Å²) in [4.78, 5) is 0. The number of hydrogen-bond donors (Lipinski definition) is 0. The SMILES string of the molecule is COc1cc2c(OC)c(-c3c(CBr)cc4c(C(C)C)c(OC)c(OC)cc4c3OC)c(CBr)cc2c(C(C)C)c1OC. The summed E-state index contributed by atoms with van der Waals surface area (Å²) in [6.45, 7) is 8.64. The second kappa shape index (κ2) is 13.2. The maximum absolute atomic E-state index is 6.28. The molecule has 0 atom stereocenters. The Labute approximate surface area is 265 Å². The van der Waals surface area contributed by atoms with Gasteiger partial charge in [0.05, 0.1) is 42.7 Å². The van der Waals surface area contributed by atoms with Gasteiger partial charge in [0.15, 0.2) is 23.0 Å². The number of rotatable bonds is 11. The lowest BCUT2D eigenvalue weighted by Gasteiger charge is -2.26. The molecule has 8 heteroatoms. The minimum Gasteiger partial charge on any atom is -0.495 e. The van der Waals surface area contributed by atoms with Gasteiger partial charge in [0.1, 0.15) is 11.5 Å². The van der Waals surface area contributed by atoms with Gasteiger partial charge >= 0.3 is 0 Å². The van der Waals surface area contributed by atoms with Crippen molar-refractivity contribution in [1.82, 2.24) is 0 Å². The summed E-state index contributed by atoms with van der Waals surface area (Å²) in [6.07, 6.45) is 0. The smallest absolute Gasteiger partial charge is 0.164 e. The van der Waals surface area contributed by atoms with E-state index >= 15 is 0 Å². The molecule has 0 unspecified atom stereocenters. The van der Waals surface area contributed by atoms with Gasteiger partial charge in [-0.1, -0.05) is 59.6 Å². The fourth-order valence-electron chi connectivity index (χ4n) is 6.14. The van der Waals surface area contributed by atoms with Crippen LogP contribution >= 0.6 is 31.9 Å². The zero-order valence-corrected chi connectivity index (χ0v) is 29.3. The molecule has 0 N–H and O–H groups in total. The van der Waals surface area contributed by atoms with Gasteiger partial charge in [0.25, 0.3) is 0 Å². The van der Waals surface area contributed by atoms with Crippen LogP contribution in [0.4, 0.5) is 0 Å². The first-order valence-electron chi connectivity index (χ1n) is 13.9. The molecule has 0 radical (unpaired) electrons. The van der Waals surface area contributed by atoms with Gasteiger partial charge in [-0.05, 0) is 58.0 Å². The van der Waals surface area contributed by atoms with Crippen LogP contribution in [-0.4, -0.2) is 42.7 Å². The van der Waals surface area contributed by atoms with Crippen LogP contribution in [0.5, 0.6) is 34.5 Å². The highest BCUT2D eigenvalue weighted by Gasteiger charge is 2.29. The Bertz CT molecular complexity index is 1510. The van der Waals surface area contributed by atoms with E-state index in [9.17, 15) is 0 Å². The van der Waals surface area contributed by atoms with E-state index in [-0.39, 0.29) is 11.8 Å². The normalized spacial score (nSPS) is 11.5. The molecule has 226 valence electrons. The predicted molar refractivity (Wildman–Crippen MR) is 180 cm³/mol. The summed E-state index contributed by atoms with van der Waals surface area (Å²) in [5, 5.41) is 5.21. The molecule has 4 aromatic carbocycles. The van der Waals surface area contributed by atoms with Gasteiger partial charge in [0, 0.05) is 43.7 Å². The van der Waals surface area contributed by atoms with E-state index in [1.54, 1.807) is 42.7 Å². The molecule has 0 aliphatic heterocycles. The Kier molecular flexibility index (Phi) is 10.1. The number of methoxy groups -OCH3 is 6. The average molecular weight is 704 g/mol. The second-order valence-corrected chi connectivity index (χ2v) is 11.8. The third kappa shape index (κ3) is 5.15. The van der Waals surface area contributed by atoms with E-state index in [1.807, 2.05) is 12.1 Å². The first-order chi connectivity index (χ1) is 20.2. The van der Waals surface area contributed by atoms with Gasteiger partial charge in [-0.15, -0.1) is 0 Å². The van der Waals surface area contributed by atoms with Gasteiger partial charge < -0.3 is 28.4 Å².